The van der Waals surface area contributed by atoms with Gasteiger partial charge in [0.2, 0.25) is 5.95 Å². The van der Waals surface area contributed by atoms with Crippen LogP contribution in [0.25, 0.3) is 0 Å². The molecule has 1 aliphatic heterocycles. The van der Waals surface area contributed by atoms with Crippen molar-refractivity contribution in [3.05, 3.63) is 18.0 Å². The summed E-state index contributed by atoms with van der Waals surface area (Å²) in [6.45, 7) is 8.02. The molecule has 4 nitrogen and oxygen atoms in total. The summed E-state index contributed by atoms with van der Waals surface area (Å²) in [5.41, 5.74) is 1.66. The summed E-state index contributed by atoms with van der Waals surface area (Å²) < 4.78 is 0. The van der Waals surface area contributed by atoms with Gasteiger partial charge in [0, 0.05) is 19.8 Å². The molecule has 1 saturated heterocycles. The van der Waals surface area contributed by atoms with Crippen LogP contribution >= 0.6 is 0 Å². The molecule has 1 fully saturated rings. The van der Waals surface area contributed by atoms with E-state index in [1.165, 1.54) is 32.4 Å². The minimum atomic E-state index is 0.554. The summed E-state index contributed by atoms with van der Waals surface area (Å²) in [6, 6.07) is 2.01. The Kier molecular flexibility index (Phi) is 4.17. The lowest BCUT2D eigenvalue weighted by Gasteiger charge is -2.38. The first-order valence-corrected chi connectivity index (χ1v) is 6.87. The quantitative estimate of drug-likeness (QED) is 0.889. The van der Waals surface area contributed by atoms with E-state index in [1.54, 1.807) is 0 Å². The fraction of sp³-hybridized carbons (Fsp3) is 0.714. The van der Waals surface area contributed by atoms with Crippen molar-refractivity contribution in [2.75, 3.05) is 25.5 Å². The van der Waals surface area contributed by atoms with Crippen LogP contribution in [0.3, 0.4) is 0 Å². The van der Waals surface area contributed by atoms with Crippen LogP contribution in [0, 0.1) is 5.41 Å². The summed E-state index contributed by atoms with van der Waals surface area (Å²) in [5.74, 6) is 0.711. The van der Waals surface area contributed by atoms with E-state index in [2.05, 4.69) is 34.0 Å². The molecule has 1 N–H and O–H groups in total. The number of nitrogens with one attached hydrogen (secondary N) is 1. The van der Waals surface area contributed by atoms with Crippen molar-refractivity contribution in [3.8, 4) is 0 Å². The molecule has 0 aromatic carbocycles. The third-order valence-electron chi connectivity index (χ3n) is 4.24. The van der Waals surface area contributed by atoms with Crippen molar-refractivity contribution in [2.24, 2.45) is 5.41 Å². The van der Waals surface area contributed by atoms with Crippen molar-refractivity contribution in [1.82, 2.24) is 14.9 Å². The van der Waals surface area contributed by atoms with Crippen molar-refractivity contribution in [3.63, 3.8) is 0 Å². The molecular formula is C14H24N4. The lowest BCUT2D eigenvalue weighted by atomic mass is 9.78. The zero-order chi connectivity index (χ0) is 13.0. The highest BCUT2D eigenvalue weighted by Gasteiger charge is 2.28. The fourth-order valence-corrected chi connectivity index (χ4v) is 2.44. The van der Waals surface area contributed by atoms with Gasteiger partial charge in [-0.05, 0) is 37.4 Å². The molecule has 0 saturated carbocycles. The number of aromatic nitrogens is 2. The Balaban J connectivity index is 1.91. The zero-order valence-electron chi connectivity index (χ0n) is 11.7. The van der Waals surface area contributed by atoms with Crippen molar-refractivity contribution < 1.29 is 0 Å². The second-order valence-electron chi connectivity index (χ2n) is 5.56. The number of likely N-dealkylation sites (tertiary alicyclic amines) is 1. The van der Waals surface area contributed by atoms with Crippen LogP contribution in [0.15, 0.2) is 12.3 Å². The van der Waals surface area contributed by atoms with E-state index < -0.39 is 0 Å². The third-order valence-corrected chi connectivity index (χ3v) is 4.24. The van der Waals surface area contributed by atoms with E-state index >= 15 is 0 Å². The largest absolute Gasteiger partial charge is 0.357 e. The number of nitrogens with zero attached hydrogens (tertiary/aromatic N) is 3. The molecule has 0 radical (unpaired) electrons. The Bertz CT molecular complexity index is 383. The van der Waals surface area contributed by atoms with Crippen LogP contribution in [0.5, 0.6) is 0 Å². The topological polar surface area (TPSA) is 41.1 Å². The molecule has 100 valence electrons. The summed E-state index contributed by atoms with van der Waals surface area (Å²) in [6.07, 6.45) is 5.72. The number of piperidine rings is 1. The van der Waals surface area contributed by atoms with Gasteiger partial charge in [-0.15, -0.1) is 0 Å². The molecule has 0 spiro atoms. The number of rotatable bonds is 4. The van der Waals surface area contributed by atoms with E-state index in [0.717, 1.165) is 12.2 Å². The molecule has 0 unspecified atom stereocenters. The van der Waals surface area contributed by atoms with Crippen molar-refractivity contribution in [1.29, 1.82) is 0 Å². The minimum absolute atomic E-state index is 0.554. The summed E-state index contributed by atoms with van der Waals surface area (Å²) in [4.78, 5) is 11.1. The van der Waals surface area contributed by atoms with Crippen molar-refractivity contribution >= 4 is 5.95 Å². The number of hydrogen-bond donors (Lipinski definition) is 1. The van der Waals surface area contributed by atoms with Gasteiger partial charge in [0.05, 0.1) is 5.69 Å². The van der Waals surface area contributed by atoms with Crippen LogP contribution in [0.1, 0.15) is 38.8 Å². The van der Waals surface area contributed by atoms with Gasteiger partial charge in [-0.25, -0.2) is 9.97 Å². The third kappa shape index (κ3) is 3.19. The lowest BCUT2D eigenvalue weighted by molar-refractivity contribution is 0.109. The van der Waals surface area contributed by atoms with E-state index in [4.69, 9.17) is 0 Å². The average molecular weight is 248 g/mol. The molecule has 0 bridgehead atoms. The molecule has 1 aliphatic rings. The molecule has 2 heterocycles. The maximum absolute atomic E-state index is 4.48. The highest BCUT2D eigenvalue weighted by Crippen LogP contribution is 2.34. The molecule has 1 aromatic heterocycles. The second kappa shape index (κ2) is 5.65. The Hall–Kier alpha value is -1.16. The lowest BCUT2D eigenvalue weighted by Crippen LogP contribution is -2.38. The molecular weight excluding hydrogens is 224 g/mol. The Morgan fingerprint density at radius 3 is 2.72 bits per heavy atom. The maximum Gasteiger partial charge on any atom is 0.222 e. The van der Waals surface area contributed by atoms with E-state index in [-0.39, 0.29) is 0 Å². The highest BCUT2D eigenvalue weighted by molar-refractivity contribution is 5.23. The van der Waals surface area contributed by atoms with Gasteiger partial charge >= 0.3 is 0 Å². The van der Waals surface area contributed by atoms with Gasteiger partial charge in [-0.1, -0.05) is 20.3 Å². The average Bonchev–Trinajstić information content (AvgIpc) is 2.42. The fourth-order valence-electron chi connectivity index (χ4n) is 2.44. The zero-order valence-corrected chi connectivity index (χ0v) is 11.7. The van der Waals surface area contributed by atoms with E-state index in [0.29, 0.717) is 11.4 Å². The van der Waals surface area contributed by atoms with Gasteiger partial charge in [0.25, 0.3) is 0 Å². The predicted molar refractivity (Wildman–Crippen MR) is 74.5 cm³/mol. The Morgan fingerprint density at radius 1 is 1.39 bits per heavy atom. The van der Waals surface area contributed by atoms with E-state index in [9.17, 15) is 0 Å². The van der Waals surface area contributed by atoms with Crippen LogP contribution in [0.4, 0.5) is 5.95 Å². The summed E-state index contributed by atoms with van der Waals surface area (Å²) in [7, 11) is 1.85. The minimum Gasteiger partial charge on any atom is -0.357 e. The Labute approximate surface area is 110 Å². The SMILES string of the molecule is CCC1(C)CCN(Cc2ccnc(NC)n2)CC1. The monoisotopic (exact) mass is 248 g/mol. The van der Waals surface area contributed by atoms with Crippen LogP contribution in [-0.4, -0.2) is 35.0 Å². The van der Waals surface area contributed by atoms with Crippen LogP contribution < -0.4 is 5.32 Å². The predicted octanol–water partition coefficient (Wildman–Crippen LogP) is 2.53. The highest BCUT2D eigenvalue weighted by atomic mass is 15.2. The van der Waals surface area contributed by atoms with Gasteiger partial charge < -0.3 is 5.32 Å². The first-order chi connectivity index (χ1) is 8.65. The van der Waals surface area contributed by atoms with E-state index in [1.807, 2.05) is 19.3 Å². The normalized spacial score (nSPS) is 19.7. The van der Waals surface area contributed by atoms with Gasteiger partial charge in [0.1, 0.15) is 0 Å². The standard InChI is InChI=1S/C14H24N4/c1-4-14(2)6-9-18(10-7-14)11-12-5-8-16-13(15-3)17-12/h5,8H,4,6-7,9-11H2,1-3H3,(H,15,16,17). The molecule has 18 heavy (non-hydrogen) atoms. The smallest absolute Gasteiger partial charge is 0.222 e. The molecule has 1 aromatic rings. The van der Waals surface area contributed by atoms with Gasteiger partial charge in [-0.3, -0.25) is 4.90 Å². The molecule has 0 aliphatic carbocycles. The number of hydrogen-bond acceptors (Lipinski definition) is 4. The molecule has 4 heteroatoms. The van der Waals surface area contributed by atoms with Gasteiger partial charge in [0.15, 0.2) is 0 Å². The summed E-state index contributed by atoms with van der Waals surface area (Å²) >= 11 is 0. The Morgan fingerprint density at radius 2 is 2.11 bits per heavy atom. The second-order valence-corrected chi connectivity index (χ2v) is 5.56. The molecule has 2 rings (SSSR count). The molecule has 0 atom stereocenters. The van der Waals surface area contributed by atoms with Crippen LogP contribution in [-0.2, 0) is 6.54 Å². The number of anilines is 1. The first kappa shape index (κ1) is 13.3. The first-order valence-electron chi connectivity index (χ1n) is 6.87. The molecule has 0 amide bonds. The van der Waals surface area contributed by atoms with Gasteiger partial charge in [-0.2, -0.15) is 0 Å². The summed E-state index contributed by atoms with van der Waals surface area (Å²) in [5, 5.41) is 2.99. The van der Waals surface area contributed by atoms with Crippen molar-refractivity contribution in [2.45, 2.75) is 39.7 Å². The van der Waals surface area contributed by atoms with Crippen LogP contribution in [0.2, 0.25) is 0 Å². The maximum atomic E-state index is 4.48.